The maximum absolute atomic E-state index is 9.22. The molecule has 0 aromatic heterocycles. The van der Waals surface area contributed by atoms with Crippen LogP contribution in [0.4, 0.5) is 0 Å². The minimum atomic E-state index is 0.0775. The zero-order chi connectivity index (χ0) is 5.56. The number of hydrogen-bond donors (Lipinski definition) is 1. The van der Waals surface area contributed by atoms with E-state index >= 15 is 0 Å². The summed E-state index contributed by atoms with van der Waals surface area (Å²) in [6, 6.07) is 0. The average Bonchev–Trinajstić information content (AvgIpc) is 2.23. The summed E-state index contributed by atoms with van der Waals surface area (Å²) < 4.78 is 0. The molecule has 0 spiro atoms. The molecule has 1 nitrogen and oxygen atoms in total. The third kappa shape index (κ3) is 0.510. The molecule has 0 radical (unpaired) electrons. The highest BCUT2D eigenvalue weighted by molar-refractivity contribution is 4.89. The Morgan fingerprint density at radius 3 is 2.25 bits per heavy atom. The van der Waals surface area contributed by atoms with Crippen LogP contribution >= 0.6 is 0 Å². The molecule has 0 saturated heterocycles. The number of aliphatic hydroxyl groups is 1. The number of aliphatic hydroxyl groups excluding tert-OH is 1. The van der Waals surface area contributed by atoms with E-state index in [0.717, 1.165) is 12.3 Å². The normalized spacial score (nSPS) is 52.9. The third-order valence-corrected chi connectivity index (χ3v) is 2.70. The van der Waals surface area contributed by atoms with Crippen LogP contribution in [0.25, 0.3) is 0 Å². The van der Waals surface area contributed by atoms with Crippen molar-refractivity contribution in [3.63, 3.8) is 0 Å². The van der Waals surface area contributed by atoms with Crippen LogP contribution in [-0.4, -0.2) is 11.2 Å². The van der Waals surface area contributed by atoms with Crippen LogP contribution in [0.5, 0.6) is 0 Å². The van der Waals surface area contributed by atoms with Gasteiger partial charge < -0.3 is 5.11 Å². The lowest BCUT2D eigenvalue weighted by Gasteiger charge is -2.14. The molecule has 3 atom stereocenters. The lowest BCUT2D eigenvalue weighted by molar-refractivity contribution is 0.113. The minimum Gasteiger partial charge on any atom is -0.393 e. The first-order valence-corrected chi connectivity index (χ1v) is 3.54. The maximum Gasteiger partial charge on any atom is 0.0571 e. The topological polar surface area (TPSA) is 20.2 Å². The smallest absolute Gasteiger partial charge is 0.0571 e. The third-order valence-electron chi connectivity index (χ3n) is 2.70. The summed E-state index contributed by atoms with van der Waals surface area (Å²) in [5.74, 6) is 1.59. The fraction of sp³-hybridized carbons (Fsp3) is 1.00. The van der Waals surface area contributed by atoms with Gasteiger partial charge in [-0.05, 0) is 37.5 Å². The first-order chi connectivity index (χ1) is 3.86. The van der Waals surface area contributed by atoms with Gasteiger partial charge in [0, 0.05) is 0 Å². The van der Waals surface area contributed by atoms with Crippen LogP contribution in [0.3, 0.4) is 0 Å². The van der Waals surface area contributed by atoms with Crippen molar-refractivity contribution in [1.82, 2.24) is 0 Å². The molecule has 2 rings (SSSR count). The second-order valence-corrected chi connectivity index (χ2v) is 3.24. The summed E-state index contributed by atoms with van der Waals surface area (Å²) in [5.41, 5.74) is 0. The van der Waals surface area contributed by atoms with Crippen molar-refractivity contribution in [2.75, 3.05) is 0 Å². The summed E-state index contributed by atoms with van der Waals surface area (Å²) in [7, 11) is 0. The number of fused-ring (bicyclic) bond motifs is 2. The van der Waals surface area contributed by atoms with Gasteiger partial charge in [-0.3, -0.25) is 0 Å². The average molecular weight is 112 g/mol. The molecule has 46 valence electrons. The van der Waals surface area contributed by atoms with E-state index in [9.17, 15) is 5.11 Å². The van der Waals surface area contributed by atoms with Gasteiger partial charge in [0.25, 0.3) is 0 Å². The van der Waals surface area contributed by atoms with Crippen molar-refractivity contribution in [3.05, 3.63) is 0 Å². The van der Waals surface area contributed by atoms with Crippen molar-refractivity contribution in [2.45, 2.75) is 31.8 Å². The van der Waals surface area contributed by atoms with E-state index in [-0.39, 0.29) is 6.10 Å². The Hall–Kier alpha value is -0.0400. The molecule has 2 aliphatic carbocycles. The predicted molar refractivity (Wildman–Crippen MR) is 31.5 cm³/mol. The Kier molecular flexibility index (Phi) is 0.884. The highest BCUT2D eigenvalue weighted by Crippen LogP contribution is 2.44. The lowest BCUT2D eigenvalue weighted by Crippen LogP contribution is -2.14. The van der Waals surface area contributed by atoms with Gasteiger partial charge >= 0.3 is 0 Å². The molecule has 2 aliphatic rings. The highest BCUT2D eigenvalue weighted by atomic mass is 16.3. The molecule has 0 heterocycles. The minimum absolute atomic E-state index is 0.0775. The molecule has 8 heavy (non-hydrogen) atoms. The predicted octanol–water partition coefficient (Wildman–Crippen LogP) is 1.17. The maximum atomic E-state index is 9.22. The van der Waals surface area contributed by atoms with E-state index in [4.69, 9.17) is 0 Å². The molecule has 2 fully saturated rings. The van der Waals surface area contributed by atoms with Gasteiger partial charge in [-0.1, -0.05) is 0 Å². The first-order valence-electron chi connectivity index (χ1n) is 3.54. The number of hydrogen-bond acceptors (Lipinski definition) is 1. The van der Waals surface area contributed by atoms with Gasteiger partial charge in [0.15, 0.2) is 0 Å². The van der Waals surface area contributed by atoms with Crippen LogP contribution < -0.4 is 0 Å². The molecular weight excluding hydrogens is 100 g/mol. The summed E-state index contributed by atoms with van der Waals surface area (Å²) in [5, 5.41) is 9.22. The highest BCUT2D eigenvalue weighted by Gasteiger charge is 2.38. The Morgan fingerprint density at radius 1 is 1.12 bits per heavy atom. The number of rotatable bonds is 0. The van der Waals surface area contributed by atoms with Crippen molar-refractivity contribution in [1.29, 1.82) is 0 Å². The van der Waals surface area contributed by atoms with Crippen LogP contribution in [0, 0.1) is 11.8 Å². The SMILES string of the molecule is O[C@H]1CC2CC[C@H]1C2. The van der Waals surface area contributed by atoms with E-state index in [0.29, 0.717) is 5.92 Å². The quantitative estimate of drug-likeness (QED) is 0.498. The molecule has 0 aliphatic heterocycles. The van der Waals surface area contributed by atoms with E-state index in [1.807, 2.05) is 0 Å². The van der Waals surface area contributed by atoms with Gasteiger partial charge in [-0.2, -0.15) is 0 Å². The van der Waals surface area contributed by atoms with Crippen LogP contribution in [0.2, 0.25) is 0 Å². The van der Waals surface area contributed by atoms with E-state index < -0.39 is 0 Å². The molecule has 1 heteroatoms. The van der Waals surface area contributed by atoms with E-state index in [1.165, 1.54) is 19.3 Å². The second-order valence-electron chi connectivity index (χ2n) is 3.24. The van der Waals surface area contributed by atoms with E-state index in [1.54, 1.807) is 0 Å². The molecule has 2 saturated carbocycles. The van der Waals surface area contributed by atoms with Crippen LogP contribution in [0.15, 0.2) is 0 Å². The van der Waals surface area contributed by atoms with E-state index in [2.05, 4.69) is 0 Å². The largest absolute Gasteiger partial charge is 0.393 e. The molecule has 2 bridgehead atoms. The van der Waals surface area contributed by atoms with Crippen LogP contribution in [0.1, 0.15) is 25.7 Å². The van der Waals surface area contributed by atoms with Gasteiger partial charge in [-0.15, -0.1) is 0 Å². The van der Waals surface area contributed by atoms with Gasteiger partial charge in [0.2, 0.25) is 0 Å². The lowest BCUT2D eigenvalue weighted by atomic mass is 9.98. The second kappa shape index (κ2) is 1.47. The Morgan fingerprint density at radius 2 is 2.00 bits per heavy atom. The van der Waals surface area contributed by atoms with Gasteiger partial charge in [0.05, 0.1) is 6.10 Å². The van der Waals surface area contributed by atoms with Crippen molar-refractivity contribution in [2.24, 2.45) is 11.8 Å². The summed E-state index contributed by atoms with van der Waals surface area (Å²) >= 11 is 0. The zero-order valence-corrected chi connectivity index (χ0v) is 5.01. The zero-order valence-electron chi connectivity index (χ0n) is 5.01. The standard InChI is InChI=1S/C7H12O/c8-7-4-5-1-2-6(7)3-5/h5-8H,1-4H2/t5?,6-,7-/m0/s1. The summed E-state index contributed by atoms with van der Waals surface area (Å²) in [6.07, 6.45) is 5.19. The van der Waals surface area contributed by atoms with Gasteiger partial charge in [0.1, 0.15) is 0 Å². The monoisotopic (exact) mass is 112 g/mol. The molecular formula is C7H12O. The fourth-order valence-electron chi connectivity index (χ4n) is 2.21. The molecule has 1 N–H and O–H groups in total. The van der Waals surface area contributed by atoms with Crippen LogP contribution in [-0.2, 0) is 0 Å². The van der Waals surface area contributed by atoms with Crippen molar-refractivity contribution < 1.29 is 5.11 Å². The van der Waals surface area contributed by atoms with Crippen molar-refractivity contribution >= 4 is 0 Å². The molecule has 0 amide bonds. The Bertz CT molecular complexity index is 98.6. The summed E-state index contributed by atoms with van der Waals surface area (Å²) in [4.78, 5) is 0. The molecule has 1 unspecified atom stereocenters. The molecule has 0 aromatic rings. The Labute approximate surface area is 49.7 Å². The molecule has 0 aromatic carbocycles. The fourth-order valence-corrected chi connectivity index (χ4v) is 2.21. The van der Waals surface area contributed by atoms with Crippen molar-refractivity contribution in [3.8, 4) is 0 Å². The first kappa shape index (κ1) is 4.80. The summed E-state index contributed by atoms with van der Waals surface area (Å²) in [6.45, 7) is 0. The Balaban J connectivity index is 2.11. The van der Waals surface area contributed by atoms with Gasteiger partial charge in [-0.25, -0.2) is 0 Å².